The molecule has 13 heavy (non-hydrogen) atoms. The summed E-state index contributed by atoms with van der Waals surface area (Å²) in [7, 11) is -3.62. The van der Waals surface area contributed by atoms with E-state index in [2.05, 4.69) is 4.18 Å². The van der Waals surface area contributed by atoms with Crippen LogP contribution in [-0.4, -0.2) is 14.7 Å². The Labute approximate surface area is 76.2 Å². The molecular formula is C8H8O4S. The molecule has 1 aromatic carbocycles. The van der Waals surface area contributed by atoms with Crippen LogP contribution in [0.2, 0.25) is 0 Å². The third kappa shape index (κ3) is 1.40. The lowest BCUT2D eigenvalue weighted by Gasteiger charge is -2.22. The van der Waals surface area contributed by atoms with E-state index < -0.39 is 16.4 Å². The lowest BCUT2D eigenvalue weighted by atomic mass is 10.3. The Kier molecular flexibility index (Phi) is 1.78. The van der Waals surface area contributed by atoms with Crippen molar-refractivity contribution in [3.8, 4) is 5.75 Å². The number of fused-ring (bicyclic) bond motifs is 1. The third-order valence-corrected chi connectivity index (χ3v) is 3.07. The summed E-state index contributed by atoms with van der Waals surface area (Å²) in [6.07, 6.45) is -0.750. The van der Waals surface area contributed by atoms with E-state index >= 15 is 0 Å². The summed E-state index contributed by atoms with van der Waals surface area (Å²) in [6.45, 7) is 1.54. The second-order valence-electron chi connectivity index (χ2n) is 2.68. The minimum absolute atomic E-state index is 0.0908. The van der Waals surface area contributed by atoms with Gasteiger partial charge in [0.05, 0.1) is 0 Å². The number of para-hydroxylation sites is 1. The van der Waals surface area contributed by atoms with Gasteiger partial charge in [-0.1, -0.05) is 12.1 Å². The molecule has 0 saturated heterocycles. The van der Waals surface area contributed by atoms with Gasteiger partial charge in [-0.15, -0.1) is 0 Å². The van der Waals surface area contributed by atoms with Crippen LogP contribution in [0.1, 0.15) is 6.92 Å². The molecule has 0 aliphatic carbocycles. The second kappa shape index (κ2) is 2.71. The molecular weight excluding hydrogens is 192 g/mol. The van der Waals surface area contributed by atoms with Crippen molar-refractivity contribution in [1.82, 2.24) is 0 Å². The Balaban J connectivity index is 2.63. The van der Waals surface area contributed by atoms with Gasteiger partial charge in [-0.2, -0.15) is 8.42 Å². The number of hydrogen-bond donors (Lipinski definition) is 0. The van der Waals surface area contributed by atoms with Crippen molar-refractivity contribution in [2.24, 2.45) is 0 Å². The van der Waals surface area contributed by atoms with E-state index in [1.165, 1.54) is 13.0 Å². The molecule has 1 aromatic rings. The normalized spacial score (nSPS) is 24.5. The molecule has 0 saturated carbocycles. The minimum atomic E-state index is -3.62. The number of benzene rings is 1. The van der Waals surface area contributed by atoms with E-state index in [0.717, 1.165) is 0 Å². The molecule has 0 radical (unpaired) electrons. The van der Waals surface area contributed by atoms with Gasteiger partial charge in [0, 0.05) is 0 Å². The predicted molar refractivity (Wildman–Crippen MR) is 44.8 cm³/mol. The van der Waals surface area contributed by atoms with Crippen molar-refractivity contribution in [3.63, 3.8) is 0 Å². The van der Waals surface area contributed by atoms with Crippen molar-refractivity contribution < 1.29 is 17.3 Å². The lowest BCUT2D eigenvalue weighted by molar-refractivity contribution is 0.0144. The molecule has 1 unspecified atom stereocenters. The SMILES string of the molecule is CC1Oc2ccccc2S(=O)(=O)O1. The topological polar surface area (TPSA) is 52.6 Å². The number of hydrogen-bond acceptors (Lipinski definition) is 4. The largest absolute Gasteiger partial charge is 0.463 e. The van der Waals surface area contributed by atoms with Crippen LogP contribution >= 0.6 is 0 Å². The Bertz CT molecular complexity index is 424. The third-order valence-electron chi connectivity index (χ3n) is 1.67. The molecule has 2 rings (SSSR count). The van der Waals surface area contributed by atoms with Gasteiger partial charge in [-0.25, -0.2) is 4.18 Å². The lowest BCUT2D eigenvalue weighted by Crippen LogP contribution is -2.26. The average Bonchev–Trinajstić information content (AvgIpc) is 2.02. The summed E-state index contributed by atoms with van der Waals surface area (Å²) in [6, 6.07) is 6.40. The van der Waals surface area contributed by atoms with Crippen LogP contribution in [-0.2, 0) is 14.3 Å². The van der Waals surface area contributed by atoms with E-state index in [-0.39, 0.29) is 4.90 Å². The van der Waals surface area contributed by atoms with Crippen LogP contribution in [0.5, 0.6) is 5.75 Å². The first-order chi connectivity index (χ1) is 6.09. The predicted octanol–water partition coefficient (Wildman–Crippen LogP) is 1.13. The second-order valence-corrected chi connectivity index (χ2v) is 4.22. The highest BCUT2D eigenvalue weighted by molar-refractivity contribution is 7.87. The molecule has 0 aromatic heterocycles. The molecule has 1 aliphatic rings. The van der Waals surface area contributed by atoms with Gasteiger partial charge in [-0.3, -0.25) is 0 Å². The average molecular weight is 200 g/mol. The monoisotopic (exact) mass is 200 g/mol. The van der Waals surface area contributed by atoms with Crippen LogP contribution in [0.3, 0.4) is 0 Å². The highest BCUT2D eigenvalue weighted by Gasteiger charge is 2.29. The molecule has 0 bridgehead atoms. The van der Waals surface area contributed by atoms with Gasteiger partial charge >= 0.3 is 10.1 Å². The van der Waals surface area contributed by atoms with Crippen LogP contribution in [0, 0.1) is 0 Å². The zero-order valence-electron chi connectivity index (χ0n) is 6.93. The van der Waals surface area contributed by atoms with Gasteiger partial charge in [0.25, 0.3) is 0 Å². The van der Waals surface area contributed by atoms with E-state index in [1.807, 2.05) is 0 Å². The Morgan fingerprint density at radius 1 is 1.31 bits per heavy atom. The molecule has 5 heteroatoms. The number of ether oxygens (including phenoxy) is 1. The van der Waals surface area contributed by atoms with Crippen molar-refractivity contribution in [3.05, 3.63) is 24.3 Å². The Morgan fingerprint density at radius 3 is 2.77 bits per heavy atom. The molecule has 4 nitrogen and oxygen atoms in total. The maximum atomic E-state index is 11.4. The van der Waals surface area contributed by atoms with Crippen molar-refractivity contribution in [2.75, 3.05) is 0 Å². The molecule has 1 heterocycles. The van der Waals surface area contributed by atoms with Gasteiger partial charge < -0.3 is 4.74 Å². The van der Waals surface area contributed by atoms with Crippen LogP contribution < -0.4 is 4.74 Å². The fourth-order valence-corrected chi connectivity index (χ4v) is 2.29. The molecule has 0 N–H and O–H groups in total. The Morgan fingerprint density at radius 2 is 2.00 bits per heavy atom. The van der Waals surface area contributed by atoms with E-state index in [9.17, 15) is 8.42 Å². The summed E-state index contributed by atoms with van der Waals surface area (Å²) in [5, 5.41) is 0. The molecule has 1 atom stereocenters. The summed E-state index contributed by atoms with van der Waals surface area (Å²) in [5.41, 5.74) is 0. The van der Waals surface area contributed by atoms with Crippen molar-refractivity contribution in [1.29, 1.82) is 0 Å². The zero-order valence-corrected chi connectivity index (χ0v) is 7.74. The Hall–Kier alpha value is -1.07. The van der Waals surface area contributed by atoms with Gasteiger partial charge in [0.1, 0.15) is 10.6 Å². The summed E-state index contributed by atoms with van der Waals surface area (Å²) >= 11 is 0. The van der Waals surface area contributed by atoms with Crippen LogP contribution in [0.4, 0.5) is 0 Å². The summed E-state index contributed by atoms with van der Waals surface area (Å²) in [5.74, 6) is 0.348. The highest BCUT2D eigenvalue weighted by atomic mass is 32.2. The van der Waals surface area contributed by atoms with Gasteiger partial charge in [-0.05, 0) is 19.1 Å². The molecule has 70 valence electrons. The fourth-order valence-electron chi connectivity index (χ4n) is 1.18. The highest BCUT2D eigenvalue weighted by Crippen LogP contribution is 2.30. The molecule has 1 aliphatic heterocycles. The summed E-state index contributed by atoms with van der Waals surface area (Å²) in [4.78, 5) is 0.0908. The zero-order chi connectivity index (χ0) is 9.47. The van der Waals surface area contributed by atoms with Crippen molar-refractivity contribution in [2.45, 2.75) is 18.1 Å². The first kappa shape index (κ1) is 8.52. The molecule has 0 amide bonds. The first-order valence-corrected chi connectivity index (χ1v) is 5.19. The maximum absolute atomic E-state index is 11.4. The molecule has 0 fully saturated rings. The fraction of sp³-hybridized carbons (Fsp3) is 0.250. The quantitative estimate of drug-likeness (QED) is 0.589. The minimum Gasteiger partial charge on any atom is -0.463 e. The van der Waals surface area contributed by atoms with E-state index in [0.29, 0.717) is 5.75 Å². The maximum Gasteiger partial charge on any atom is 0.303 e. The van der Waals surface area contributed by atoms with Crippen LogP contribution in [0.25, 0.3) is 0 Å². The van der Waals surface area contributed by atoms with Crippen molar-refractivity contribution >= 4 is 10.1 Å². The van der Waals surface area contributed by atoms with Gasteiger partial charge in [0.2, 0.25) is 6.29 Å². The first-order valence-electron chi connectivity index (χ1n) is 3.78. The number of rotatable bonds is 0. The summed E-state index contributed by atoms with van der Waals surface area (Å²) < 4.78 is 32.6. The van der Waals surface area contributed by atoms with Crippen LogP contribution in [0.15, 0.2) is 29.2 Å². The molecule has 0 spiro atoms. The van der Waals surface area contributed by atoms with Gasteiger partial charge in [0.15, 0.2) is 0 Å². The smallest absolute Gasteiger partial charge is 0.303 e. The van der Waals surface area contributed by atoms with E-state index in [4.69, 9.17) is 4.74 Å². The van der Waals surface area contributed by atoms with E-state index in [1.54, 1.807) is 18.2 Å². The standard InChI is InChI=1S/C8H8O4S/c1-6-11-7-4-2-3-5-8(7)13(9,10)12-6/h2-6H,1H3.